The van der Waals surface area contributed by atoms with Crippen molar-refractivity contribution in [2.75, 3.05) is 7.11 Å². The van der Waals surface area contributed by atoms with Crippen molar-refractivity contribution in [3.05, 3.63) is 34.4 Å². The van der Waals surface area contributed by atoms with Gasteiger partial charge in [0.1, 0.15) is 0 Å². The first kappa shape index (κ1) is 12.7. The fraction of sp³-hybridized carbons (Fsp3) is 0.333. The number of rotatable bonds is 3. The number of methoxy groups -OCH3 is 1. The van der Waals surface area contributed by atoms with E-state index >= 15 is 0 Å². The fourth-order valence-corrected chi connectivity index (χ4v) is 2.04. The molecule has 3 nitrogen and oxygen atoms in total. The maximum Gasteiger partial charge on any atom is 0.309 e. The zero-order valence-electron chi connectivity index (χ0n) is 9.21. The molecule has 0 saturated heterocycles. The van der Waals surface area contributed by atoms with E-state index in [0.717, 1.165) is 16.7 Å². The number of nitriles is 1. The summed E-state index contributed by atoms with van der Waals surface area (Å²) >= 11 is 3.36. The van der Waals surface area contributed by atoms with E-state index in [2.05, 4.69) is 26.7 Å². The van der Waals surface area contributed by atoms with Crippen molar-refractivity contribution in [3.63, 3.8) is 0 Å². The number of halogens is 1. The molecular formula is C12H12BrNO2. The molecule has 0 unspecified atom stereocenters. The Morgan fingerprint density at radius 1 is 1.56 bits per heavy atom. The highest BCUT2D eigenvalue weighted by Crippen LogP contribution is 2.20. The van der Waals surface area contributed by atoms with Crippen LogP contribution in [-0.2, 0) is 21.3 Å². The van der Waals surface area contributed by atoms with Gasteiger partial charge in [-0.05, 0) is 35.7 Å². The zero-order chi connectivity index (χ0) is 12.1. The van der Waals surface area contributed by atoms with Crippen LogP contribution in [0.2, 0.25) is 0 Å². The van der Waals surface area contributed by atoms with Gasteiger partial charge >= 0.3 is 5.97 Å². The molecule has 0 aliphatic rings. The largest absolute Gasteiger partial charge is 0.469 e. The van der Waals surface area contributed by atoms with E-state index in [4.69, 9.17) is 5.26 Å². The molecular weight excluding hydrogens is 270 g/mol. The average Bonchev–Trinajstić information content (AvgIpc) is 2.30. The summed E-state index contributed by atoms with van der Waals surface area (Å²) in [5.74, 6) is -0.269. The summed E-state index contributed by atoms with van der Waals surface area (Å²) in [7, 11) is 1.37. The summed E-state index contributed by atoms with van der Waals surface area (Å²) < 4.78 is 4.65. The van der Waals surface area contributed by atoms with E-state index < -0.39 is 0 Å². The highest BCUT2D eigenvalue weighted by atomic mass is 79.9. The van der Waals surface area contributed by atoms with Crippen molar-refractivity contribution in [2.45, 2.75) is 18.7 Å². The Hall–Kier alpha value is -1.34. The van der Waals surface area contributed by atoms with Crippen molar-refractivity contribution in [2.24, 2.45) is 0 Å². The van der Waals surface area contributed by atoms with Crippen molar-refractivity contribution in [3.8, 4) is 6.07 Å². The number of hydrogen-bond acceptors (Lipinski definition) is 3. The molecule has 1 aromatic rings. The van der Waals surface area contributed by atoms with Crippen LogP contribution in [0, 0.1) is 18.3 Å². The number of alkyl halides is 1. The van der Waals surface area contributed by atoms with Gasteiger partial charge in [0.15, 0.2) is 0 Å². The third-order valence-corrected chi connectivity index (χ3v) is 2.99. The van der Waals surface area contributed by atoms with Crippen LogP contribution in [0.3, 0.4) is 0 Å². The summed E-state index contributed by atoms with van der Waals surface area (Å²) in [6, 6.07) is 5.67. The minimum Gasteiger partial charge on any atom is -0.469 e. The molecule has 0 fully saturated rings. The van der Waals surface area contributed by atoms with Crippen molar-refractivity contribution in [1.82, 2.24) is 0 Å². The second-order valence-electron chi connectivity index (χ2n) is 3.43. The molecule has 0 radical (unpaired) electrons. The van der Waals surface area contributed by atoms with Crippen LogP contribution in [0.25, 0.3) is 0 Å². The van der Waals surface area contributed by atoms with Crippen LogP contribution in [-0.4, -0.2) is 13.1 Å². The minimum atomic E-state index is -0.269. The number of nitrogens with zero attached hydrogens (tertiary/aromatic N) is 1. The summed E-state index contributed by atoms with van der Waals surface area (Å²) in [4.78, 5) is 11.3. The SMILES string of the molecule is COC(=O)Cc1c(C)cc(C#N)cc1CBr. The molecule has 0 spiro atoms. The van der Waals surface area contributed by atoms with Gasteiger partial charge in [-0.3, -0.25) is 4.79 Å². The number of esters is 1. The summed E-state index contributed by atoms with van der Waals surface area (Å²) in [6.45, 7) is 1.89. The Balaban J connectivity index is 3.17. The van der Waals surface area contributed by atoms with Gasteiger partial charge in [0.05, 0.1) is 25.2 Å². The molecule has 0 atom stereocenters. The Morgan fingerprint density at radius 3 is 2.75 bits per heavy atom. The number of carbonyl (C=O) groups excluding carboxylic acids is 1. The number of hydrogen-bond donors (Lipinski definition) is 0. The maximum atomic E-state index is 11.3. The van der Waals surface area contributed by atoms with Crippen LogP contribution >= 0.6 is 15.9 Å². The van der Waals surface area contributed by atoms with E-state index in [9.17, 15) is 4.79 Å². The standard InChI is InChI=1S/C12H12BrNO2/c1-8-3-9(7-14)4-10(6-13)11(8)5-12(15)16-2/h3-4H,5-6H2,1-2H3. The van der Waals surface area contributed by atoms with Crippen LogP contribution in [0.4, 0.5) is 0 Å². The predicted octanol–water partition coefficient (Wildman–Crippen LogP) is 2.48. The number of aryl methyl sites for hydroxylation is 1. The Kier molecular flexibility index (Phi) is 4.51. The molecule has 84 valence electrons. The average molecular weight is 282 g/mol. The molecule has 0 saturated carbocycles. The predicted molar refractivity (Wildman–Crippen MR) is 64.2 cm³/mol. The first-order valence-electron chi connectivity index (χ1n) is 4.77. The molecule has 0 aliphatic heterocycles. The highest BCUT2D eigenvalue weighted by molar-refractivity contribution is 9.08. The third kappa shape index (κ3) is 2.83. The van der Waals surface area contributed by atoms with Gasteiger partial charge in [0.2, 0.25) is 0 Å². The molecule has 1 aromatic carbocycles. The maximum absolute atomic E-state index is 11.3. The summed E-state index contributed by atoms with van der Waals surface area (Å²) in [5.41, 5.74) is 3.45. The fourth-order valence-electron chi connectivity index (χ4n) is 1.54. The Morgan fingerprint density at radius 2 is 2.25 bits per heavy atom. The molecule has 0 amide bonds. The number of carbonyl (C=O) groups is 1. The van der Waals surface area contributed by atoms with E-state index in [1.165, 1.54) is 7.11 Å². The van der Waals surface area contributed by atoms with Crippen LogP contribution in [0.1, 0.15) is 22.3 Å². The van der Waals surface area contributed by atoms with Gasteiger partial charge < -0.3 is 4.74 Å². The lowest BCUT2D eigenvalue weighted by molar-refractivity contribution is -0.139. The van der Waals surface area contributed by atoms with E-state index in [0.29, 0.717) is 10.9 Å². The van der Waals surface area contributed by atoms with Gasteiger partial charge in [-0.15, -0.1) is 0 Å². The lowest BCUT2D eigenvalue weighted by Gasteiger charge is -2.10. The molecule has 0 N–H and O–H groups in total. The smallest absolute Gasteiger partial charge is 0.309 e. The topological polar surface area (TPSA) is 50.1 Å². The Bertz CT molecular complexity index is 449. The lowest BCUT2D eigenvalue weighted by Crippen LogP contribution is -2.08. The van der Waals surface area contributed by atoms with Gasteiger partial charge in [-0.1, -0.05) is 15.9 Å². The highest BCUT2D eigenvalue weighted by Gasteiger charge is 2.11. The zero-order valence-corrected chi connectivity index (χ0v) is 10.8. The van der Waals surface area contributed by atoms with Gasteiger partial charge in [-0.25, -0.2) is 0 Å². The quantitative estimate of drug-likeness (QED) is 0.632. The normalized spacial score (nSPS) is 9.62. The third-order valence-electron chi connectivity index (χ3n) is 2.39. The summed E-state index contributed by atoms with van der Waals surface area (Å²) in [5, 5.41) is 9.46. The first-order valence-corrected chi connectivity index (χ1v) is 5.89. The second kappa shape index (κ2) is 5.66. The van der Waals surface area contributed by atoms with Crippen molar-refractivity contribution in [1.29, 1.82) is 5.26 Å². The second-order valence-corrected chi connectivity index (χ2v) is 3.99. The molecule has 0 heterocycles. The van der Waals surface area contributed by atoms with Gasteiger partial charge in [0, 0.05) is 5.33 Å². The molecule has 16 heavy (non-hydrogen) atoms. The van der Waals surface area contributed by atoms with E-state index in [1.54, 1.807) is 12.1 Å². The van der Waals surface area contributed by atoms with Gasteiger partial charge in [-0.2, -0.15) is 5.26 Å². The number of ether oxygens (including phenoxy) is 1. The molecule has 0 bridgehead atoms. The van der Waals surface area contributed by atoms with E-state index in [-0.39, 0.29) is 12.4 Å². The van der Waals surface area contributed by atoms with Crippen molar-refractivity contribution < 1.29 is 9.53 Å². The van der Waals surface area contributed by atoms with Crippen LogP contribution < -0.4 is 0 Å². The van der Waals surface area contributed by atoms with Gasteiger partial charge in [0.25, 0.3) is 0 Å². The monoisotopic (exact) mass is 281 g/mol. The lowest BCUT2D eigenvalue weighted by atomic mass is 9.97. The molecule has 0 aromatic heterocycles. The first-order chi connectivity index (χ1) is 7.62. The molecule has 1 rings (SSSR count). The van der Waals surface area contributed by atoms with Crippen LogP contribution in [0.15, 0.2) is 12.1 Å². The van der Waals surface area contributed by atoms with Crippen molar-refractivity contribution >= 4 is 21.9 Å². The molecule has 0 aliphatic carbocycles. The minimum absolute atomic E-state index is 0.245. The summed E-state index contributed by atoms with van der Waals surface area (Å²) in [6.07, 6.45) is 0.245. The molecule has 4 heteroatoms. The number of benzene rings is 1. The van der Waals surface area contributed by atoms with Crippen LogP contribution in [0.5, 0.6) is 0 Å². The Labute approximate surface area is 103 Å². The van der Waals surface area contributed by atoms with E-state index in [1.807, 2.05) is 6.92 Å².